The van der Waals surface area contributed by atoms with Crippen LogP contribution in [0.15, 0.2) is 16.5 Å². The van der Waals surface area contributed by atoms with Crippen molar-refractivity contribution in [2.24, 2.45) is 11.8 Å². The van der Waals surface area contributed by atoms with Crippen molar-refractivity contribution in [2.75, 3.05) is 7.05 Å². The third-order valence-corrected chi connectivity index (χ3v) is 4.34. The minimum atomic E-state index is 0.313. The summed E-state index contributed by atoms with van der Waals surface area (Å²) in [7, 11) is 2.02. The Labute approximate surface area is 109 Å². The molecule has 1 aromatic heterocycles. The number of halogens is 1. The highest BCUT2D eigenvalue weighted by molar-refractivity contribution is 6.28. The summed E-state index contributed by atoms with van der Waals surface area (Å²) in [6.45, 7) is 2.30. The highest BCUT2D eigenvalue weighted by Gasteiger charge is 2.32. The third kappa shape index (κ3) is 2.86. The van der Waals surface area contributed by atoms with Gasteiger partial charge in [-0.1, -0.05) is 32.6 Å². The van der Waals surface area contributed by atoms with Gasteiger partial charge in [-0.05, 0) is 49.0 Å². The van der Waals surface area contributed by atoms with Crippen LogP contribution in [0.1, 0.15) is 50.8 Å². The number of hydrogen-bond donors (Lipinski definition) is 1. The van der Waals surface area contributed by atoms with Crippen molar-refractivity contribution in [1.29, 1.82) is 0 Å². The first-order valence-corrected chi connectivity index (χ1v) is 7.06. The fraction of sp³-hybridized carbons (Fsp3) is 0.714. The predicted molar refractivity (Wildman–Crippen MR) is 71.3 cm³/mol. The van der Waals surface area contributed by atoms with Crippen LogP contribution in [-0.4, -0.2) is 7.05 Å². The van der Waals surface area contributed by atoms with E-state index < -0.39 is 0 Å². The Balaban J connectivity index is 2.16. The second-order valence-corrected chi connectivity index (χ2v) is 5.40. The minimum absolute atomic E-state index is 0.313. The molecule has 2 nitrogen and oxygen atoms in total. The minimum Gasteiger partial charge on any atom is -0.448 e. The molecule has 0 bridgehead atoms. The van der Waals surface area contributed by atoms with Gasteiger partial charge in [-0.2, -0.15) is 0 Å². The van der Waals surface area contributed by atoms with Gasteiger partial charge in [0.15, 0.2) is 5.22 Å². The molecular formula is C14H22ClNO. The molecule has 96 valence electrons. The van der Waals surface area contributed by atoms with Gasteiger partial charge in [-0.25, -0.2) is 0 Å². The Morgan fingerprint density at radius 2 is 2.18 bits per heavy atom. The molecule has 0 saturated heterocycles. The molecule has 1 heterocycles. The Bertz CT molecular complexity index is 350. The second-order valence-electron chi connectivity index (χ2n) is 5.02. The first kappa shape index (κ1) is 13.0. The SMILES string of the molecule is CCC1CCCCC1C(NC)c1ccc(Cl)o1. The lowest BCUT2D eigenvalue weighted by atomic mass is 9.73. The number of nitrogens with one attached hydrogen (secondary N) is 1. The van der Waals surface area contributed by atoms with Gasteiger partial charge < -0.3 is 9.73 Å². The summed E-state index contributed by atoms with van der Waals surface area (Å²) in [6, 6.07) is 4.16. The summed E-state index contributed by atoms with van der Waals surface area (Å²) < 4.78 is 5.59. The fourth-order valence-corrected chi connectivity index (χ4v) is 3.40. The van der Waals surface area contributed by atoms with Crippen LogP contribution in [0.3, 0.4) is 0 Å². The molecule has 2 rings (SSSR count). The normalized spacial score (nSPS) is 27.0. The molecule has 1 aliphatic rings. The van der Waals surface area contributed by atoms with E-state index in [-0.39, 0.29) is 0 Å². The van der Waals surface area contributed by atoms with Gasteiger partial charge in [0.05, 0.1) is 6.04 Å². The lowest BCUT2D eigenvalue weighted by molar-refractivity contribution is 0.166. The molecule has 0 aliphatic heterocycles. The van der Waals surface area contributed by atoms with Crippen molar-refractivity contribution in [1.82, 2.24) is 5.32 Å². The maximum absolute atomic E-state index is 5.88. The van der Waals surface area contributed by atoms with Gasteiger partial charge in [0.2, 0.25) is 0 Å². The van der Waals surface area contributed by atoms with Crippen LogP contribution in [0.2, 0.25) is 5.22 Å². The van der Waals surface area contributed by atoms with Crippen LogP contribution in [0.4, 0.5) is 0 Å². The smallest absolute Gasteiger partial charge is 0.193 e. The highest BCUT2D eigenvalue weighted by Crippen LogP contribution is 2.40. The summed E-state index contributed by atoms with van der Waals surface area (Å²) in [4.78, 5) is 0. The topological polar surface area (TPSA) is 25.2 Å². The van der Waals surface area contributed by atoms with Crippen molar-refractivity contribution >= 4 is 11.6 Å². The van der Waals surface area contributed by atoms with Crippen LogP contribution < -0.4 is 5.32 Å². The van der Waals surface area contributed by atoms with Crippen LogP contribution >= 0.6 is 11.6 Å². The van der Waals surface area contributed by atoms with Crippen molar-refractivity contribution in [2.45, 2.75) is 45.1 Å². The van der Waals surface area contributed by atoms with Gasteiger partial charge in [0.1, 0.15) is 5.76 Å². The highest BCUT2D eigenvalue weighted by atomic mass is 35.5. The third-order valence-electron chi connectivity index (χ3n) is 4.13. The quantitative estimate of drug-likeness (QED) is 0.862. The average molecular weight is 256 g/mol. The largest absolute Gasteiger partial charge is 0.448 e. The Kier molecular flexibility index (Phi) is 4.52. The van der Waals surface area contributed by atoms with Gasteiger partial charge in [0, 0.05) is 0 Å². The van der Waals surface area contributed by atoms with Crippen molar-refractivity contribution in [3.05, 3.63) is 23.1 Å². The molecule has 0 aromatic carbocycles. The summed E-state index contributed by atoms with van der Waals surface area (Å²) >= 11 is 5.88. The molecule has 3 atom stereocenters. The molecule has 3 unspecified atom stereocenters. The number of rotatable bonds is 4. The number of furan rings is 1. The maximum Gasteiger partial charge on any atom is 0.193 e. The summed E-state index contributed by atoms with van der Waals surface area (Å²) in [6.07, 6.45) is 6.63. The first-order chi connectivity index (χ1) is 8.26. The van der Waals surface area contributed by atoms with E-state index in [9.17, 15) is 0 Å². The second kappa shape index (κ2) is 5.92. The lowest BCUT2D eigenvalue weighted by Crippen LogP contribution is -2.32. The molecule has 1 fully saturated rings. The van der Waals surface area contributed by atoms with E-state index in [1.165, 1.54) is 32.1 Å². The molecule has 0 spiro atoms. The molecule has 1 saturated carbocycles. The Morgan fingerprint density at radius 1 is 1.41 bits per heavy atom. The van der Waals surface area contributed by atoms with Gasteiger partial charge in [-0.15, -0.1) is 0 Å². The van der Waals surface area contributed by atoms with E-state index in [1.54, 1.807) is 0 Å². The standard InChI is InChI=1S/C14H22ClNO/c1-3-10-6-4-5-7-11(10)14(16-2)12-8-9-13(15)17-12/h8-11,14,16H,3-7H2,1-2H3. The molecule has 17 heavy (non-hydrogen) atoms. The van der Waals surface area contributed by atoms with E-state index in [2.05, 4.69) is 12.2 Å². The molecule has 1 aromatic rings. The van der Waals surface area contributed by atoms with Gasteiger partial charge in [0.25, 0.3) is 0 Å². The maximum atomic E-state index is 5.88. The molecule has 1 N–H and O–H groups in total. The predicted octanol–water partition coefficient (Wildman–Crippen LogP) is 4.41. The molecule has 0 radical (unpaired) electrons. The Morgan fingerprint density at radius 3 is 2.76 bits per heavy atom. The van der Waals surface area contributed by atoms with E-state index in [0.717, 1.165) is 11.7 Å². The zero-order valence-corrected chi connectivity index (χ0v) is 11.5. The zero-order valence-electron chi connectivity index (χ0n) is 10.7. The van der Waals surface area contributed by atoms with Crippen molar-refractivity contribution in [3.63, 3.8) is 0 Å². The first-order valence-electron chi connectivity index (χ1n) is 6.68. The van der Waals surface area contributed by atoms with Gasteiger partial charge in [-0.3, -0.25) is 0 Å². The van der Waals surface area contributed by atoms with E-state index >= 15 is 0 Å². The van der Waals surface area contributed by atoms with Crippen LogP contribution in [-0.2, 0) is 0 Å². The van der Waals surface area contributed by atoms with Crippen LogP contribution in [0.5, 0.6) is 0 Å². The molecular weight excluding hydrogens is 234 g/mol. The van der Waals surface area contributed by atoms with E-state index in [4.69, 9.17) is 16.0 Å². The zero-order chi connectivity index (χ0) is 12.3. The summed E-state index contributed by atoms with van der Waals surface area (Å²) in [5, 5.41) is 3.90. The summed E-state index contributed by atoms with van der Waals surface area (Å²) in [5.74, 6) is 2.48. The lowest BCUT2D eigenvalue weighted by Gasteiger charge is -2.35. The van der Waals surface area contributed by atoms with Crippen LogP contribution in [0, 0.1) is 11.8 Å². The molecule has 1 aliphatic carbocycles. The van der Waals surface area contributed by atoms with E-state index in [0.29, 0.717) is 17.2 Å². The molecule has 0 amide bonds. The summed E-state index contributed by atoms with van der Waals surface area (Å²) in [5.41, 5.74) is 0. The number of hydrogen-bond acceptors (Lipinski definition) is 2. The van der Waals surface area contributed by atoms with E-state index in [1.807, 2.05) is 19.2 Å². The van der Waals surface area contributed by atoms with Crippen molar-refractivity contribution < 1.29 is 4.42 Å². The van der Waals surface area contributed by atoms with Gasteiger partial charge >= 0.3 is 0 Å². The fourth-order valence-electron chi connectivity index (χ4n) is 3.24. The Hall–Kier alpha value is -0.470. The van der Waals surface area contributed by atoms with Crippen LogP contribution in [0.25, 0.3) is 0 Å². The average Bonchev–Trinajstić information content (AvgIpc) is 2.77. The molecule has 3 heteroatoms. The van der Waals surface area contributed by atoms with Crippen molar-refractivity contribution in [3.8, 4) is 0 Å². The monoisotopic (exact) mass is 255 g/mol.